The summed E-state index contributed by atoms with van der Waals surface area (Å²) in [7, 11) is 0. The summed E-state index contributed by atoms with van der Waals surface area (Å²) in [4.78, 5) is 0. The van der Waals surface area contributed by atoms with E-state index < -0.39 is 0 Å². The molecule has 0 radical (unpaired) electrons. The molecule has 1 aliphatic rings. The van der Waals surface area contributed by atoms with Crippen molar-refractivity contribution in [1.82, 2.24) is 0 Å². The Morgan fingerprint density at radius 2 is 2.27 bits per heavy atom. The van der Waals surface area contributed by atoms with E-state index in [1.54, 1.807) is 0 Å². The van der Waals surface area contributed by atoms with Gasteiger partial charge in [0.15, 0.2) is 0 Å². The van der Waals surface area contributed by atoms with Crippen LogP contribution in [0.25, 0.3) is 0 Å². The molecule has 0 heterocycles. The van der Waals surface area contributed by atoms with Gasteiger partial charge in [0.25, 0.3) is 0 Å². The summed E-state index contributed by atoms with van der Waals surface area (Å²) in [6.45, 7) is 11.2. The molecule has 0 bridgehead atoms. The fourth-order valence-electron chi connectivity index (χ4n) is 2.13. The summed E-state index contributed by atoms with van der Waals surface area (Å²) >= 11 is 0. The normalized spacial score (nSPS) is 39.2. The molecule has 1 rings (SSSR count). The van der Waals surface area contributed by atoms with Crippen LogP contribution < -0.4 is 0 Å². The summed E-state index contributed by atoms with van der Waals surface area (Å²) in [6, 6.07) is 0. The molecule has 0 amide bonds. The van der Waals surface area contributed by atoms with Gasteiger partial charge in [-0.2, -0.15) is 0 Å². The second-order valence-electron chi connectivity index (χ2n) is 4.24. The van der Waals surface area contributed by atoms with Gasteiger partial charge < -0.3 is 0 Å². The van der Waals surface area contributed by atoms with Gasteiger partial charge in [0.2, 0.25) is 0 Å². The van der Waals surface area contributed by atoms with Gasteiger partial charge in [-0.3, -0.25) is 0 Å². The predicted molar refractivity (Wildman–Crippen MR) is 50.6 cm³/mol. The summed E-state index contributed by atoms with van der Waals surface area (Å²) < 4.78 is 0. The van der Waals surface area contributed by atoms with Crippen LogP contribution in [0, 0.1) is 11.3 Å². The number of rotatable bonds is 1. The van der Waals surface area contributed by atoms with E-state index in [1.807, 2.05) is 0 Å². The lowest BCUT2D eigenvalue weighted by Crippen LogP contribution is -2.29. The van der Waals surface area contributed by atoms with Crippen LogP contribution in [0.2, 0.25) is 0 Å². The van der Waals surface area contributed by atoms with Gasteiger partial charge in [-0.05, 0) is 30.6 Å². The van der Waals surface area contributed by atoms with Gasteiger partial charge in [0.1, 0.15) is 0 Å². The van der Waals surface area contributed by atoms with Crippen molar-refractivity contribution in [2.24, 2.45) is 11.3 Å². The molecule has 0 saturated heterocycles. The lowest BCUT2D eigenvalue weighted by atomic mass is 9.65. The van der Waals surface area contributed by atoms with Crippen molar-refractivity contribution in [2.75, 3.05) is 0 Å². The van der Waals surface area contributed by atoms with Crippen molar-refractivity contribution in [3.05, 3.63) is 12.2 Å². The van der Waals surface area contributed by atoms with E-state index in [0.717, 1.165) is 5.92 Å². The summed E-state index contributed by atoms with van der Waals surface area (Å²) in [5.41, 5.74) is 2.02. The summed E-state index contributed by atoms with van der Waals surface area (Å²) in [5.74, 6) is 0.737. The minimum Gasteiger partial charge on any atom is -0.0996 e. The third-order valence-electron chi connectivity index (χ3n) is 3.71. The highest BCUT2D eigenvalue weighted by molar-refractivity contribution is 5.08. The van der Waals surface area contributed by atoms with Gasteiger partial charge in [0.05, 0.1) is 0 Å². The smallest absolute Gasteiger partial charge is 0.0180 e. The van der Waals surface area contributed by atoms with E-state index in [-0.39, 0.29) is 0 Å². The van der Waals surface area contributed by atoms with Crippen LogP contribution in [-0.4, -0.2) is 0 Å². The second-order valence-corrected chi connectivity index (χ2v) is 4.24. The number of allylic oxidation sites excluding steroid dienone is 1. The van der Waals surface area contributed by atoms with Crippen molar-refractivity contribution < 1.29 is 0 Å². The molecule has 0 aromatic heterocycles. The van der Waals surface area contributed by atoms with Crippen LogP contribution in [0.1, 0.15) is 46.5 Å². The molecular formula is C11H20. The van der Waals surface area contributed by atoms with Crippen LogP contribution in [0.3, 0.4) is 0 Å². The maximum Gasteiger partial charge on any atom is -0.0180 e. The predicted octanol–water partition coefficient (Wildman–Crippen LogP) is 3.78. The first-order valence-electron chi connectivity index (χ1n) is 4.78. The third kappa shape index (κ3) is 1.50. The topological polar surface area (TPSA) is 0 Å². The molecule has 1 aliphatic carbocycles. The van der Waals surface area contributed by atoms with Crippen molar-refractivity contribution in [2.45, 2.75) is 46.5 Å². The van der Waals surface area contributed by atoms with Crippen molar-refractivity contribution in [1.29, 1.82) is 0 Å². The summed E-state index contributed by atoms with van der Waals surface area (Å²) in [5, 5.41) is 0. The highest BCUT2D eigenvalue weighted by Gasteiger charge is 2.33. The molecule has 11 heavy (non-hydrogen) atoms. The molecule has 0 nitrogen and oxygen atoms in total. The molecule has 1 fully saturated rings. The maximum absolute atomic E-state index is 4.14. The molecule has 1 saturated carbocycles. The average molecular weight is 152 g/mol. The molecule has 0 aromatic carbocycles. The van der Waals surface area contributed by atoms with Crippen molar-refractivity contribution >= 4 is 0 Å². The SMILES string of the molecule is C=C1CCCC(C)(CC)C1C. The Labute approximate surface area is 70.7 Å². The Bertz CT molecular complexity index is 157. The van der Waals surface area contributed by atoms with E-state index in [9.17, 15) is 0 Å². The van der Waals surface area contributed by atoms with E-state index in [4.69, 9.17) is 0 Å². The minimum absolute atomic E-state index is 0.551. The van der Waals surface area contributed by atoms with Crippen LogP contribution in [-0.2, 0) is 0 Å². The van der Waals surface area contributed by atoms with Crippen LogP contribution >= 0.6 is 0 Å². The lowest BCUT2D eigenvalue weighted by molar-refractivity contribution is 0.170. The Balaban J connectivity index is 2.72. The van der Waals surface area contributed by atoms with E-state index in [1.165, 1.54) is 31.3 Å². The standard InChI is InChI=1S/C11H20/c1-5-11(4)8-6-7-9(2)10(11)3/h10H,2,5-8H2,1,3-4H3. The zero-order valence-electron chi connectivity index (χ0n) is 8.11. The molecule has 2 unspecified atom stereocenters. The summed E-state index contributed by atoms with van der Waals surface area (Å²) in [6.07, 6.45) is 5.31. The first kappa shape index (κ1) is 8.83. The van der Waals surface area contributed by atoms with E-state index in [2.05, 4.69) is 27.4 Å². The molecule has 0 N–H and O–H groups in total. The Morgan fingerprint density at radius 3 is 2.73 bits per heavy atom. The van der Waals surface area contributed by atoms with Crippen LogP contribution in [0.4, 0.5) is 0 Å². The largest absolute Gasteiger partial charge is 0.0996 e. The van der Waals surface area contributed by atoms with Gasteiger partial charge in [-0.25, -0.2) is 0 Å². The van der Waals surface area contributed by atoms with E-state index in [0.29, 0.717) is 5.41 Å². The Hall–Kier alpha value is -0.260. The van der Waals surface area contributed by atoms with Gasteiger partial charge >= 0.3 is 0 Å². The minimum atomic E-state index is 0.551. The Kier molecular flexibility index (Phi) is 2.41. The molecule has 0 aliphatic heterocycles. The van der Waals surface area contributed by atoms with Crippen molar-refractivity contribution in [3.8, 4) is 0 Å². The van der Waals surface area contributed by atoms with Crippen LogP contribution in [0.15, 0.2) is 12.2 Å². The van der Waals surface area contributed by atoms with Gasteiger partial charge in [-0.1, -0.05) is 39.3 Å². The average Bonchev–Trinajstić information content (AvgIpc) is 2.00. The maximum atomic E-state index is 4.14. The lowest BCUT2D eigenvalue weighted by Gasteiger charge is -2.40. The first-order valence-corrected chi connectivity index (χ1v) is 4.78. The third-order valence-corrected chi connectivity index (χ3v) is 3.71. The molecule has 0 spiro atoms. The van der Waals surface area contributed by atoms with Crippen molar-refractivity contribution in [3.63, 3.8) is 0 Å². The number of hydrogen-bond acceptors (Lipinski definition) is 0. The molecular weight excluding hydrogens is 132 g/mol. The first-order chi connectivity index (χ1) is 5.10. The fourth-order valence-corrected chi connectivity index (χ4v) is 2.13. The number of hydrogen-bond donors (Lipinski definition) is 0. The monoisotopic (exact) mass is 152 g/mol. The van der Waals surface area contributed by atoms with Gasteiger partial charge in [0, 0.05) is 0 Å². The van der Waals surface area contributed by atoms with Crippen LogP contribution in [0.5, 0.6) is 0 Å². The highest BCUT2D eigenvalue weighted by Crippen LogP contribution is 2.45. The second kappa shape index (κ2) is 3.00. The quantitative estimate of drug-likeness (QED) is 0.502. The molecule has 64 valence electrons. The Morgan fingerprint density at radius 1 is 1.64 bits per heavy atom. The van der Waals surface area contributed by atoms with E-state index >= 15 is 0 Å². The van der Waals surface area contributed by atoms with Gasteiger partial charge in [-0.15, -0.1) is 0 Å². The highest BCUT2D eigenvalue weighted by atomic mass is 14.4. The molecule has 2 atom stereocenters. The fraction of sp³-hybridized carbons (Fsp3) is 0.818. The zero-order valence-corrected chi connectivity index (χ0v) is 8.11. The molecule has 0 aromatic rings. The zero-order chi connectivity index (χ0) is 8.48. The molecule has 0 heteroatoms.